The third-order valence-electron chi connectivity index (χ3n) is 2.44. The van der Waals surface area contributed by atoms with Gasteiger partial charge >= 0.3 is 5.97 Å². The van der Waals surface area contributed by atoms with Gasteiger partial charge in [0, 0.05) is 6.08 Å². The maximum atomic E-state index is 10.3. The van der Waals surface area contributed by atoms with Crippen molar-refractivity contribution >= 4 is 5.97 Å². The quantitative estimate of drug-likeness (QED) is 0.748. The zero-order valence-electron chi connectivity index (χ0n) is 8.89. The lowest BCUT2D eigenvalue weighted by molar-refractivity contribution is -0.131. The number of rotatable bonds is 5. The summed E-state index contributed by atoms with van der Waals surface area (Å²) in [6.07, 6.45) is 4.75. The maximum absolute atomic E-state index is 10.3. The van der Waals surface area contributed by atoms with Gasteiger partial charge in [-0.2, -0.15) is 0 Å². The first-order valence-electron chi connectivity index (χ1n) is 5.18. The van der Waals surface area contributed by atoms with Crippen LogP contribution >= 0.6 is 0 Å². The van der Waals surface area contributed by atoms with Crippen molar-refractivity contribution < 1.29 is 9.90 Å². The maximum Gasteiger partial charge on any atom is 0.327 e. The van der Waals surface area contributed by atoms with Crippen LogP contribution < -0.4 is 0 Å². The van der Waals surface area contributed by atoms with Gasteiger partial charge < -0.3 is 5.11 Å². The molecule has 2 nitrogen and oxygen atoms in total. The van der Waals surface area contributed by atoms with Gasteiger partial charge in [0.15, 0.2) is 0 Å². The van der Waals surface area contributed by atoms with Gasteiger partial charge in [0.1, 0.15) is 0 Å². The lowest BCUT2D eigenvalue weighted by Crippen LogP contribution is -1.96. The fraction of sp³-hybridized carbons (Fsp3) is 0.308. The van der Waals surface area contributed by atoms with Crippen molar-refractivity contribution in [1.29, 1.82) is 0 Å². The SMILES string of the molecule is CCC(CC=CC(=O)O)c1ccccc1. The second-order valence-electron chi connectivity index (χ2n) is 3.49. The van der Waals surface area contributed by atoms with Gasteiger partial charge in [0.05, 0.1) is 0 Å². The number of hydrogen-bond acceptors (Lipinski definition) is 1. The third kappa shape index (κ3) is 3.98. The topological polar surface area (TPSA) is 37.3 Å². The van der Waals surface area contributed by atoms with Crippen molar-refractivity contribution in [1.82, 2.24) is 0 Å². The van der Waals surface area contributed by atoms with Gasteiger partial charge in [-0.05, 0) is 24.3 Å². The normalized spacial score (nSPS) is 12.9. The number of benzene rings is 1. The minimum atomic E-state index is -0.877. The fourth-order valence-electron chi connectivity index (χ4n) is 1.60. The molecule has 0 fully saturated rings. The second kappa shape index (κ2) is 6.02. The van der Waals surface area contributed by atoms with E-state index in [2.05, 4.69) is 19.1 Å². The van der Waals surface area contributed by atoms with Crippen LogP contribution in [0.3, 0.4) is 0 Å². The second-order valence-corrected chi connectivity index (χ2v) is 3.49. The van der Waals surface area contributed by atoms with E-state index >= 15 is 0 Å². The van der Waals surface area contributed by atoms with Crippen LogP contribution in [0.15, 0.2) is 42.5 Å². The van der Waals surface area contributed by atoms with Crippen molar-refractivity contribution in [3.63, 3.8) is 0 Å². The summed E-state index contributed by atoms with van der Waals surface area (Å²) < 4.78 is 0. The molecule has 0 heterocycles. The van der Waals surface area contributed by atoms with E-state index in [4.69, 9.17) is 5.11 Å². The molecule has 0 aromatic heterocycles. The van der Waals surface area contributed by atoms with E-state index in [0.29, 0.717) is 5.92 Å². The first kappa shape index (κ1) is 11.5. The molecular formula is C13H16O2. The van der Waals surface area contributed by atoms with Crippen LogP contribution in [0.25, 0.3) is 0 Å². The zero-order valence-corrected chi connectivity index (χ0v) is 8.89. The predicted molar refractivity (Wildman–Crippen MR) is 60.9 cm³/mol. The number of aliphatic carboxylic acids is 1. The molecule has 15 heavy (non-hydrogen) atoms. The zero-order chi connectivity index (χ0) is 11.1. The highest BCUT2D eigenvalue weighted by atomic mass is 16.4. The third-order valence-corrected chi connectivity index (χ3v) is 2.44. The minimum Gasteiger partial charge on any atom is -0.478 e. The number of carbonyl (C=O) groups is 1. The Morgan fingerprint density at radius 1 is 1.40 bits per heavy atom. The molecule has 1 unspecified atom stereocenters. The summed E-state index contributed by atoms with van der Waals surface area (Å²) >= 11 is 0. The van der Waals surface area contributed by atoms with E-state index in [1.807, 2.05) is 18.2 Å². The monoisotopic (exact) mass is 204 g/mol. The molecule has 0 saturated carbocycles. The van der Waals surface area contributed by atoms with Gasteiger partial charge in [-0.3, -0.25) is 0 Å². The molecule has 0 aliphatic carbocycles. The Balaban J connectivity index is 2.61. The smallest absolute Gasteiger partial charge is 0.327 e. The van der Waals surface area contributed by atoms with E-state index < -0.39 is 5.97 Å². The molecule has 0 spiro atoms. The van der Waals surface area contributed by atoms with Crippen LogP contribution in [0.1, 0.15) is 31.2 Å². The van der Waals surface area contributed by atoms with Gasteiger partial charge in [0.2, 0.25) is 0 Å². The van der Waals surface area contributed by atoms with Crippen molar-refractivity contribution in [2.24, 2.45) is 0 Å². The van der Waals surface area contributed by atoms with E-state index in [-0.39, 0.29) is 0 Å². The van der Waals surface area contributed by atoms with Crippen LogP contribution in [0, 0.1) is 0 Å². The van der Waals surface area contributed by atoms with E-state index in [0.717, 1.165) is 12.8 Å². The number of allylic oxidation sites excluding steroid dienone is 1. The summed E-state index contributed by atoms with van der Waals surface area (Å²) in [6.45, 7) is 2.12. The van der Waals surface area contributed by atoms with E-state index in [1.165, 1.54) is 11.6 Å². The van der Waals surface area contributed by atoms with E-state index in [1.54, 1.807) is 6.08 Å². The number of carboxylic acid groups (broad SMARTS) is 1. The molecule has 0 radical (unpaired) electrons. The highest BCUT2D eigenvalue weighted by molar-refractivity contribution is 5.79. The molecule has 0 saturated heterocycles. The van der Waals surface area contributed by atoms with Crippen LogP contribution in [-0.4, -0.2) is 11.1 Å². The largest absolute Gasteiger partial charge is 0.478 e. The van der Waals surface area contributed by atoms with E-state index in [9.17, 15) is 4.79 Å². The molecule has 1 atom stereocenters. The fourth-order valence-corrected chi connectivity index (χ4v) is 1.60. The van der Waals surface area contributed by atoms with Crippen LogP contribution in [0.2, 0.25) is 0 Å². The molecule has 2 heteroatoms. The number of carboxylic acids is 1. The van der Waals surface area contributed by atoms with Crippen LogP contribution in [0.4, 0.5) is 0 Å². The molecule has 0 aliphatic rings. The molecule has 0 aliphatic heterocycles. The van der Waals surface area contributed by atoms with Crippen molar-refractivity contribution in [2.75, 3.05) is 0 Å². The molecule has 1 N–H and O–H groups in total. The lowest BCUT2D eigenvalue weighted by Gasteiger charge is -2.12. The average Bonchev–Trinajstić information content (AvgIpc) is 2.25. The molecule has 1 aromatic rings. The summed E-state index contributed by atoms with van der Waals surface area (Å²) in [5.41, 5.74) is 1.27. The summed E-state index contributed by atoms with van der Waals surface area (Å²) in [5, 5.41) is 8.48. The van der Waals surface area contributed by atoms with Crippen LogP contribution in [-0.2, 0) is 4.79 Å². The standard InChI is InChI=1S/C13H16O2/c1-2-11(9-6-10-13(14)15)12-7-4-3-5-8-12/h3-8,10-11H,2,9H2,1H3,(H,14,15). The molecule has 80 valence electrons. The van der Waals surface area contributed by atoms with Gasteiger partial charge in [0.25, 0.3) is 0 Å². The Morgan fingerprint density at radius 2 is 2.07 bits per heavy atom. The summed E-state index contributed by atoms with van der Waals surface area (Å²) in [5.74, 6) is -0.459. The average molecular weight is 204 g/mol. The Labute approximate surface area is 90.3 Å². The first-order chi connectivity index (χ1) is 7.24. The van der Waals surface area contributed by atoms with Gasteiger partial charge in [-0.1, -0.05) is 43.3 Å². The summed E-state index contributed by atoms with van der Waals surface area (Å²) in [6, 6.07) is 10.2. The predicted octanol–water partition coefficient (Wildman–Crippen LogP) is 3.21. The Hall–Kier alpha value is -1.57. The molecule has 0 amide bonds. The first-order valence-corrected chi connectivity index (χ1v) is 5.18. The molecular weight excluding hydrogens is 188 g/mol. The van der Waals surface area contributed by atoms with Crippen molar-refractivity contribution in [2.45, 2.75) is 25.7 Å². The highest BCUT2D eigenvalue weighted by Crippen LogP contribution is 2.23. The van der Waals surface area contributed by atoms with Crippen molar-refractivity contribution in [3.8, 4) is 0 Å². The van der Waals surface area contributed by atoms with Gasteiger partial charge in [-0.15, -0.1) is 0 Å². The highest BCUT2D eigenvalue weighted by Gasteiger charge is 2.06. The molecule has 1 aromatic carbocycles. The Morgan fingerprint density at radius 3 is 2.60 bits per heavy atom. The Bertz CT molecular complexity index is 328. The Kier molecular flexibility index (Phi) is 4.61. The van der Waals surface area contributed by atoms with Crippen LogP contribution in [0.5, 0.6) is 0 Å². The summed E-state index contributed by atoms with van der Waals surface area (Å²) in [7, 11) is 0. The minimum absolute atomic E-state index is 0.418. The lowest BCUT2D eigenvalue weighted by atomic mass is 9.93. The van der Waals surface area contributed by atoms with Crippen molar-refractivity contribution in [3.05, 3.63) is 48.0 Å². The molecule has 0 bridgehead atoms. The number of hydrogen-bond donors (Lipinski definition) is 1. The summed E-state index contributed by atoms with van der Waals surface area (Å²) in [4.78, 5) is 10.3. The molecule has 1 rings (SSSR count). The van der Waals surface area contributed by atoms with Gasteiger partial charge in [-0.25, -0.2) is 4.79 Å².